The Kier molecular flexibility index (Phi) is 2.68. The SMILES string of the molecule is NC(CC1(Cn2cc(Br)cn2)CC1)=NO. The molecule has 2 rings (SSSR count). The van der Waals surface area contributed by atoms with Crippen LogP contribution in [0.3, 0.4) is 0 Å². The summed E-state index contributed by atoms with van der Waals surface area (Å²) in [5.74, 6) is 0.304. The van der Waals surface area contributed by atoms with E-state index < -0.39 is 0 Å². The zero-order chi connectivity index (χ0) is 10.9. The molecule has 0 spiro atoms. The van der Waals surface area contributed by atoms with Crippen LogP contribution in [0.5, 0.6) is 0 Å². The number of hydrogen-bond donors (Lipinski definition) is 2. The van der Waals surface area contributed by atoms with Crippen molar-refractivity contribution in [3.8, 4) is 0 Å². The molecule has 1 aliphatic rings. The topological polar surface area (TPSA) is 76.4 Å². The first-order chi connectivity index (χ1) is 7.13. The predicted octanol–water partition coefficient (Wildman–Crippen LogP) is 1.56. The van der Waals surface area contributed by atoms with Gasteiger partial charge in [-0.25, -0.2) is 0 Å². The quantitative estimate of drug-likeness (QED) is 0.378. The van der Waals surface area contributed by atoms with Crippen LogP contribution in [0.1, 0.15) is 19.3 Å². The minimum Gasteiger partial charge on any atom is -0.409 e. The van der Waals surface area contributed by atoms with Gasteiger partial charge in [0.1, 0.15) is 5.84 Å². The number of hydrogen-bond acceptors (Lipinski definition) is 3. The lowest BCUT2D eigenvalue weighted by Gasteiger charge is -2.13. The average Bonchev–Trinajstić information content (AvgIpc) is 2.82. The van der Waals surface area contributed by atoms with Crippen molar-refractivity contribution < 1.29 is 5.21 Å². The first-order valence-corrected chi connectivity index (χ1v) is 5.57. The third kappa shape index (κ3) is 2.50. The Balaban J connectivity index is 1.99. The van der Waals surface area contributed by atoms with Crippen LogP contribution in [0.2, 0.25) is 0 Å². The molecule has 1 saturated carbocycles. The molecule has 0 saturated heterocycles. The fourth-order valence-electron chi connectivity index (χ4n) is 1.76. The fraction of sp³-hybridized carbons (Fsp3) is 0.556. The molecule has 0 bridgehead atoms. The number of amidine groups is 1. The van der Waals surface area contributed by atoms with E-state index in [1.54, 1.807) is 6.20 Å². The summed E-state index contributed by atoms with van der Waals surface area (Å²) in [5, 5.41) is 15.7. The van der Waals surface area contributed by atoms with E-state index in [2.05, 4.69) is 26.2 Å². The highest BCUT2D eigenvalue weighted by Gasteiger charge is 2.43. The third-order valence-electron chi connectivity index (χ3n) is 2.74. The van der Waals surface area contributed by atoms with E-state index >= 15 is 0 Å². The van der Waals surface area contributed by atoms with E-state index in [4.69, 9.17) is 10.9 Å². The summed E-state index contributed by atoms with van der Waals surface area (Å²) in [4.78, 5) is 0. The smallest absolute Gasteiger partial charge is 0.139 e. The third-order valence-corrected chi connectivity index (χ3v) is 3.15. The molecular formula is C9H13BrN4O. The van der Waals surface area contributed by atoms with E-state index in [0.717, 1.165) is 23.9 Å². The molecule has 6 heteroatoms. The van der Waals surface area contributed by atoms with Crippen LogP contribution in [0.25, 0.3) is 0 Å². The number of nitrogens with zero attached hydrogens (tertiary/aromatic N) is 3. The van der Waals surface area contributed by atoms with Gasteiger partial charge in [0.2, 0.25) is 0 Å². The second kappa shape index (κ2) is 3.84. The summed E-state index contributed by atoms with van der Waals surface area (Å²) >= 11 is 3.35. The molecule has 15 heavy (non-hydrogen) atoms. The van der Waals surface area contributed by atoms with Gasteiger partial charge >= 0.3 is 0 Å². The lowest BCUT2D eigenvalue weighted by Crippen LogP contribution is -2.21. The maximum atomic E-state index is 8.53. The summed E-state index contributed by atoms with van der Waals surface area (Å²) in [6.07, 6.45) is 6.56. The summed E-state index contributed by atoms with van der Waals surface area (Å²) < 4.78 is 2.86. The molecule has 3 N–H and O–H groups in total. The predicted molar refractivity (Wildman–Crippen MR) is 59.6 cm³/mol. The van der Waals surface area contributed by atoms with Crippen molar-refractivity contribution >= 4 is 21.8 Å². The average molecular weight is 273 g/mol. The van der Waals surface area contributed by atoms with Crippen LogP contribution in [-0.4, -0.2) is 20.8 Å². The van der Waals surface area contributed by atoms with Gasteiger partial charge in [-0.1, -0.05) is 5.16 Å². The molecule has 0 unspecified atom stereocenters. The van der Waals surface area contributed by atoms with Crippen molar-refractivity contribution in [2.45, 2.75) is 25.8 Å². The number of oxime groups is 1. The van der Waals surface area contributed by atoms with Gasteiger partial charge < -0.3 is 10.9 Å². The molecule has 1 aliphatic carbocycles. The minimum absolute atomic E-state index is 0.155. The highest BCUT2D eigenvalue weighted by molar-refractivity contribution is 9.10. The van der Waals surface area contributed by atoms with Gasteiger partial charge in [-0.15, -0.1) is 0 Å². The Morgan fingerprint density at radius 1 is 1.73 bits per heavy atom. The Labute approximate surface area is 96.1 Å². The second-order valence-corrected chi connectivity index (χ2v) is 5.04. The molecule has 82 valence electrons. The number of nitrogens with two attached hydrogens (primary N) is 1. The molecule has 1 aromatic rings. The van der Waals surface area contributed by atoms with E-state index in [1.807, 2.05) is 10.9 Å². The van der Waals surface area contributed by atoms with Gasteiger partial charge in [-0.3, -0.25) is 4.68 Å². The molecular weight excluding hydrogens is 260 g/mol. The van der Waals surface area contributed by atoms with Crippen molar-refractivity contribution in [2.75, 3.05) is 0 Å². The summed E-state index contributed by atoms with van der Waals surface area (Å²) in [6, 6.07) is 0. The van der Waals surface area contributed by atoms with Gasteiger partial charge in [-0.05, 0) is 34.2 Å². The van der Waals surface area contributed by atoms with Crippen LogP contribution >= 0.6 is 15.9 Å². The maximum absolute atomic E-state index is 8.53. The largest absolute Gasteiger partial charge is 0.409 e. The van der Waals surface area contributed by atoms with Crippen LogP contribution in [0.15, 0.2) is 22.0 Å². The molecule has 0 amide bonds. The Hall–Kier alpha value is -1.04. The Bertz CT molecular complexity index is 383. The molecule has 5 nitrogen and oxygen atoms in total. The number of halogens is 1. The highest BCUT2D eigenvalue weighted by atomic mass is 79.9. The van der Waals surface area contributed by atoms with Gasteiger partial charge in [-0.2, -0.15) is 5.10 Å². The van der Waals surface area contributed by atoms with Gasteiger partial charge in [0.25, 0.3) is 0 Å². The standard InChI is InChI=1S/C9H13BrN4O/c10-7-4-12-14(5-7)6-9(1-2-9)3-8(11)13-15/h4-5,15H,1-3,6H2,(H2,11,13). The van der Waals surface area contributed by atoms with Crippen molar-refractivity contribution in [1.82, 2.24) is 9.78 Å². The normalized spacial score (nSPS) is 19.1. The lowest BCUT2D eigenvalue weighted by molar-refractivity contribution is 0.312. The zero-order valence-corrected chi connectivity index (χ0v) is 9.81. The van der Waals surface area contributed by atoms with Crippen molar-refractivity contribution in [3.63, 3.8) is 0 Å². The van der Waals surface area contributed by atoms with E-state index in [1.165, 1.54) is 0 Å². The first kappa shape index (κ1) is 10.5. The summed E-state index contributed by atoms with van der Waals surface area (Å²) in [5.41, 5.74) is 5.67. The number of aromatic nitrogens is 2. The molecule has 0 atom stereocenters. The second-order valence-electron chi connectivity index (χ2n) is 4.12. The monoisotopic (exact) mass is 272 g/mol. The van der Waals surface area contributed by atoms with Crippen LogP contribution in [0.4, 0.5) is 0 Å². The molecule has 0 aromatic carbocycles. The molecule has 1 fully saturated rings. The van der Waals surface area contributed by atoms with Gasteiger partial charge in [0.05, 0.1) is 10.7 Å². The van der Waals surface area contributed by atoms with E-state index in [0.29, 0.717) is 12.3 Å². The molecule has 0 aliphatic heterocycles. The van der Waals surface area contributed by atoms with E-state index in [-0.39, 0.29) is 5.41 Å². The van der Waals surface area contributed by atoms with Crippen LogP contribution < -0.4 is 5.73 Å². The molecule has 1 heterocycles. The molecule has 1 aromatic heterocycles. The summed E-state index contributed by atoms with van der Waals surface area (Å²) in [6.45, 7) is 0.828. The van der Waals surface area contributed by atoms with Crippen molar-refractivity contribution in [2.24, 2.45) is 16.3 Å². The van der Waals surface area contributed by atoms with Crippen molar-refractivity contribution in [3.05, 3.63) is 16.9 Å². The maximum Gasteiger partial charge on any atom is 0.139 e. The minimum atomic E-state index is 0.155. The van der Waals surface area contributed by atoms with E-state index in [9.17, 15) is 0 Å². The molecule has 0 radical (unpaired) electrons. The fourth-order valence-corrected chi connectivity index (χ4v) is 2.08. The van der Waals surface area contributed by atoms with Crippen LogP contribution in [0, 0.1) is 5.41 Å². The van der Waals surface area contributed by atoms with Crippen molar-refractivity contribution in [1.29, 1.82) is 0 Å². The van der Waals surface area contributed by atoms with Gasteiger partial charge in [0.15, 0.2) is 0 Å². The highest BCUT2D eigenvalue weighted by Crippen LogP contribution is 2.50. The lowest BCUT2D eigenvalue weighted by atomic mass is 10.0. The Morgan fingerprint density at radius 2 is 2.47 bits per heavy atom. The number of rotatable bonds is 4. The van der Waals surface area contributed by atoms with Crippen LogP contribution in [-0.2, 0) is 6.54 Å². The Morgan fingerprint density at radius 3 is 2.93 bits per heavy atom. The zero-order valence-electron chi connectivity index (χ0n) is 8.23. The van der Waals surface area contributed by atoms with Gasteiger partial charge in [0, 0.05) is 19.2 Å². The first-order valence-electron chi connectivity index (χ1n) is 4.78. The summed E-state index contributed by atoms with van der Waals surface area (Å²) in [7, 11) is 0.